The van der Waals surface area contributed by atoms with Crippen molar-refractivity contribution in [1.29, 1.82) is 0 Å². The lowest BCUT2D eigenvalue weighted by atomic mass is 10.4. The van der Waals surface area contributed by atoms with Gasteiger partial charge in [-0.05, 0) is 0 Å². The van der Waals surface area contributed by atoms with Crippen LogP contribution in [-0.2, 0) is 4.79 Å². The van der Waals surface area contributed by atoms with E-state index >= 15 is 0 Å². The molecule has 70 valence electrons. The first-order chi connectivity index (χ1) is 6.26. The Labute approximate surface area is 76.2 Å². The quantitative estimate of drug-likeness (QED) is 0.750. The minimum Gasteiger partial charge on any atom is -0.481 e. The number of nitrogens with zero attached hydrogens (tertiary/aromatic N) is 2. The van der Waals surface area contributed by atoms with Gasteiger partial charge in [-0.1, -0.05) is 6.92 Å². The SMILES string of the molecule is CCC(=O)Nc1nccc(OC)n1. The third-order valence-corrected chi connectivity index (χ3v) is 1.41. The third-order valence-electron chi connectivity index (χ3n) is 1.41. The van der Waals surface area contributed by atoms with E-state index in [1.807, 2.05) is 0 Å². The molecule has 1 aromatic rings. The maximum absolute atomic E-state index is 10.9. The predicted molar refractivity (Wildman–Crippen MR) is 47.5 cm³/mol. The summed E-state index contributed by atoms with van der Waals surface area (Å²) in [7, 11) is 1.51. The number of hydrogen-bond acceptors (Lipinski definition) is 4. The normalized spacial score (nSPS) is 9.38. The van der Waals surface area contributed by atoms with Gasteiger partial charge in [0.25, 0.3) is 0 Å². The zero-order valence-electron chi connectivity index (χ0n) is 7.57. The molecule has 0 fully saturated rings. The van der Waals surface area contributed by atoms with E-state index in [1.54, 1.807) is 13.0 Å². The fraction of sp³-hybridized carbons (Fsp3) is 0.375. The van der Waals surface area contributed by atoms with Crippen molar-refractivity contribution in [2.45, 2.75) is 13.3 Å². The Hall–Kier alpha value is -1.65. The molecule has 0 saturated heterocycles. The first-order valence-electron chi connectivity index (χ1n) is 3.93. The van der Waals surface area contributed by atoms with Gasteiger partial charge in [0.05, 0.1) is 7.11 Å². The Morgan fingerprint density at radius 3 is 3.08 bits per heavy atom. The molecule has 0 aromatic carbocycles. The van der Waals surface area contributed by atoms with Crippen molar-refractivity contribution in [1.82, 2.24) is 9.97 Å². The van der Waals surface area contributed by atoms with Crippen LogP contribution in [0.1, 0.15) is 13.3 Å². The summed E-state index contributed by atoms with van der Waals surface area (Å²) in [6.45, 7) is 1.76. The van der Waals surface area contributed by atoms with Crippen molar-refractivity contribution in [2.24, 2.45) is 0 Å². The zero-order chi connectivity index (χ0) is 9.68. The molecule has 0 aliphatic heterocycles. The van der Waals surface area contributed by atoms with Gasteiger partial charge >= 0.3 is 0 Å². The molecule has 0 aliphatic carbocycles. The monoisotopic (exact) mass is 181 g/mol. The highest BCUT2D eigenvalue weighted by atomic mass is 16.5. The third kappa shape index (κ3) is 2.70. The highest BCUT2D eigenvalue weighted by Gasteiger charge is 2.01. The van der Waals surface area contributed by atoms with E-state index < -0.39 is 0 Å². The van der Waals surface area contributed by atoms with Crippen LogP contribution in [0.2, 0.25) is 0 Å². The van der Waals surface area contributed by atoms with Crippen LogP contribution >= 0.6 is 0 Å². The summed E-state index contributed by atoms with van der Waals surface area (Å²) in [6, 6.07) is 1.61. The van der Waals surface area contributed by atoms with Crippen molar-refractivity contribution in [2.75, 3.05) is 12.4 Å². The molecule has 0 aliphatic rings. The summed E-state index contributed by atoms with van der Waals surface area (Å²) in [5.74, 6) is 0.584. The summed E-state index contributed by atoms with van der Waals surface area (Å²) in [4.78, 5) is 18.7. The summed E-state index contributed by atoms with van der Waals surface area (Å²) in [6.07, 6.45) is 1.93. The van der Waals surface area contributed by atoms with Gasteiger partial charge in [-0.15, -0.1) is 0 Å². The second-order valence-electron chi connectivity index (χ2n) is 2.32. The predicted octanol–water partition coefficient (Wildman–Crippen LogP) is 0.834. The number of rotatable bonds is 3. The molecule has 5 nitrogen and oxygen atoms in total. The highest BCUT2D eigenvalue weighted by Crippen LogP contribution is 2.06. The first kappa shape index (κ1) is 9.44. The summed E-state index contributed by atoms with van der Waals surface area (Å²) in [5, 5.41) is 2.53. The molecule has 5 heteroatoms. The molecule has 0 saturated carbocycles. The zero-order valence-corrected chi connectivity index (χ0v) is 7.57. The number of nitrogens with one attached hydrogen (secondary N) is 1. The van der Waals surface area contributed by atoms with Gasteiger partial charge in [-0.3, -0.25) is 10.1 Å². The molecular weight excluding hydrogens is 170 g/mol. The van der Waals surface area contributed by atoms with Gasteiger partial charge in [-0.25, -0.2) is 4.98 Å². The standard InChI is InChI=1S/C8H11N3O2/c1-3-6(12)10-8-9-5-4-7(11-8)13-2/h4-5H,3H2,1-2H3,(H,9,10,11,12). The maximum atomic E-state index is 10.9. The second kappa shape index (κ2) is 4.39. The molecule has 0 radical (unpaired) electrons. The lowest BCUT2D eigenvalue weighted by Gasteiger charge is -2.02. The van der Waals surface area contributed by atoms with E-state index in [0.717, 1.165) is 0 Å². The molecule has 0 unspecified atom stereocenters. The van der Waals surface area contributed by atoms with Gasteiger partial charge < -0.3 is 4.74 Å². The Kier molecular flexibility index (Phi) is 3.19. The van der Waals surface area contributed by atoms with Crippen LogP contribution in [0.25, 0.3) is 0 Å². The summed E-state index contributed by atoms with van der Waals surface area (Å²) >= 11 is 0. The van der Waals surface area contributed by atoms with Crippen molar-refractivity contribution in [3.8, 4) is 5.88 Å². The smallest absolute Gasteiger partial charge is 0.232 e. The van der Waals surface area contributed by atoms with Gasteiger partial charge in [0.15, 0.2) is 0 Å². The molecule has 1 heterocycles. The van der Waals surface area contributed by atoms with E-state index in [1.165, 1.54) is 13.3 Å². The largest absolute Gasteiger partial charge is 0.481 e. The first-order valence-corrected chi connectivity index (χ1v) is 3.93. The van der Waals surface area contributed by atoms with Crippen molar-refractivity contribution in [3.05, 3.63) is 12.3 Å². The molecule has 1 rings (SSSR count). The fourth-order valence-electron chi connectivity index (χ4n) is 0.729. The van der Waals surface area contributed by atoms with Gasteiger partial charge in [-0.2, -0.15) is 4.98 Å². The van der Waals surface area contributed by atoms with Crippen LogP contribution in [0, 0.1) is 0 Å². The highest BCUT2D eigenvalue weighted by molar-refractivity contribution is 5.88. The average molecular weight is 181 g/mol. The molecule has 13 heavy (non-hydrogen) atoms. The topological polar surface area (TPSA) is 64.1 Å². The number of carbonyl (C=O) groups excluding carboxylic acids is 1. The van der Waals surface area contributed by atoms with Crippen LogP contribution in [0.4, 0.5) is 5.95 Å². The van der Waals surface area contributed by atoms with Crippen LogP contribution in [0.15, 0.2) is 12.3 Å². The Morgan fingerprint density at radius 2 is 2.46 bits per heavy atom. The Bertz CT molecular complexity index is 301. The molecule has 0 atom stereocenters. The summed E-state index contributed by atoms with van der Waals surface area (Å²) in [5.41, 5.74) is 0. The second-order valence-corrected chi connectivity index (χ2v) is 2.32. The van der Waals surface area contributed by atoms with E-state index in [0.29, 0.717) is 12.3 Å². The van der Waals surface area contributed by atoms with E-state index in [-0.39, 0.29) is 11.9 Å². The Balaban J connectivity index is 2.71. The van der Waals surface area contributed by atoms with E-state index in [4.69, 9.17) is 4.74 Å². The fourth-order valence-corrected chi connectivity index (χ4v) is 0.729. The van der Waals surface area contributed by atoms with Gasteiger partial charge in [0.2, 0.25) is 17.7 Å². The van der Waals surface area contributed by atoms with Crippen LogP contribution < -0.4 is 10.1 Å². The molecule has 1 aromatic heterocycles. The number of amides is 1. The van der Waals surface area contributed by atoms with Gasteiger partial charge in [0, 0.05) is 18.7 Å². The van der Waals surface area contributed by atoms with Gasteiger partial charge in [0.1, 0.15) is 0 Å². The minimum absolute atomic E-state index is 0.117. The number of carbonyl (C=O) groups is 1. The number of anilines is 1. The minimum atomic E-state index is -0.117. The molecular formula is C8H11N3O2. The Morgan fingerprint density at radius 1 is 1.69 bits per heavy atom. The average Bonchev–Trinajstić information content (AvgIpc) is 2.18. The number of methoxy groups -OCH3 is 1. The molecule has 0 spiro atoms. The van der Waals surface area contributed by atoms with Crippen molar-refractivity contribution < 1.29 is 9.53 Å². The summed E-state index contributed by atoms with van der Waals surface area (Å²) < 4.78 is 4.87. The van der Waals surface area contributed by atoms with Crippen molar-refractivity contribution >= 4 is 11.9 Å². The number of ether oxygens (including phenoxy) is 1. The molecule has 1 amide bonds. The molecule has 1 N–H and O–H groups in total. The van der Waals surface area contributed by atoms with E-state index in [9.17, 15) is 4.79 Å². The van der Waals surface area contributed by atoms with Crippen molar-refractivity contribution in [3.63, 3.8) is 0 Å². The lowest BCUT2D eigenvalue weighted by Crippen LogP contribution is -2.12. The number of hydrogen-bond donors (Lipinski definition) is 1. The van der Waals surface area contributed by atoms with Crippen LogP contribution in [0.5, 0.6) is 5.88 Å². The lowest BCUT2D eigenvalue weighted by molar-refractivity contribution is -0.115. The van der Waals surface area contributed by atoms with Crippen LogP contribution in [0.3, 0.4) is 0 Å². The number of aromatic nitrogens is 2. The van der Waals surface area contributed by atoms with E-state index in [2.05, 4.69) is 15.3 Å². The molecule has 0 bridgehead atoms. The van der Waals surface area contributed by atoms with Crippen LogP contribution in [-0.4, -0.2) is 23.0 Å². The maximum Gasteiger partial charge on any atom is 0.232 e.